The Kier molecular flexibility index (Phi) is 7.57. The van der Waals surface area contributed by atoms with E-state index >= 15 is 0 Å². The first-order chi connectivity index (χ1) is 16.7. The average Bonchev–Trinajstić information content (AvgIpc) is 3.41. The zero-order chi connectivity index (χ0) is 25.1. The van der Waals surface area contributed by atoms with Gasteiger partial charge in [0.25, 0.3) is 0 Å². The van der Waals surface area contributed by atoms with Gasteiger partial charge in [0.15, 0.2) is 17.2 Å². The number of fused-ring (bicyclic) bond motifs is 1. The lowest BCUT2D eigenvalue weighted by molar-refractivity contribution is -0.136. The van der Waals surface area contributed by atoms with Crippen LogP contribution in [0, 0.1) is 0 Å². The highest BCUT2D eigenvalue weighted by Crippen LogP contribution is 2.38. The normalized spacial score (nSPS) is 12.3. The maximum Gasteiger partial charge on any atom is 0.354 e. The van der Waals surface area contributed by atoms with Crippen LogP contribution in [0.3, 0.4) is 0 Å². The van der Waals surface area contributed by atoms with Gasteiger partial charge in [0, 0.05) is 34.1 Å². The molecule has 0 saturated heterocycles. The second-order valence-electron chi connectivity index (χ2n) is 8.43. The summed E-state index contributed by atoms with van der Waals surface area (Å²) >= 11 is 7.95. The van der Waals surface area contributed by atoms with E-state index in [9.17, 15) is 14.7 Å². The quantitative estimate of drug-likeness (QED) is 0.342. The van der Waals surface area contributed by atoms with Gasteiger partial charge in [-0.15, -0.1) is 11.8 Å². The van der Waals surface area contributed by atoms with Gasteiger partial charge in [0.1, 0.15) is 5.82 Å². The van der Waals surface area contributed by atoms with Crippen LogP contribution < -0.4 is 9.47 Å². The van der Waals surface area contributed by atoms with E-state index in [0.717, 1.165) is 10.5 Å². The summed E-state index contributed by atoms with van der Waals surface area (Å²) in [6.45, 7) is 4.30. The van der Waals surface area contributed by atoms with Crippen molar-refractivity contribution in [1.29, 1.82) is 0 Å². The van der Waals surface area contributed by atoms with Crippen molar-refractivity contribution in [2.45, 2.75) is 49.8 Å². The van der Waals surface area contributed by atoms with Crippen LogP contribution in [0.4, 0.5) is 0 Å². The topological polar surface area (TPSA) is 111 Å². The van der Waals surface area contributed by atoms with E-state index < -0.39 is 11.9 Å². The van der Waals surface area contributed by atoms with Crippen LogP contribution in [0.25, 0.3) is 0 Å². The van der Waals surface area contributed by atoms with Gasteiger partial charge in [0.2, 0.25) is 6.79 Å². The number of aliphatic carboxylic acids is 1. The summed E-state index contributed by atoms with van der Waals surface area (Å²) in [6, 6.07) is 11.1. The summed E-state index contributed by atoms with van der Waals surface area (Å²) in [4.78, 5) is 28.7. The summed E-state index contributed by atoms with van der Waals surface area (Å²) in [7, 11) is 0. The lowest BCUT2D eigenvalue weighted by Gasteiger charge is -2.14. The molecule has 35 heavy (non-hydrogen) atoms. The van der Waals surface area contributed by atoms with Gasteiger partial charge < -0.3 is 24.3 Å². The van der Waals surface area contributed by atoms with E-state index in [0.29, 0.717) is 45.8 Å². The number of ether oxygens (including phenoxy) is 2. The molecule has 2 N–H and O–H groups in total. The van der Waals surface area contributed by atoms with E-state index in [-0.39, 0.29) is 31.4 Å². The summed E-state index contributed by atoms with van der Waals surface area (Å²) in [5, 5.41) is 19.4. The van der Waals surface area contributed by atoms with Crippen LogP contribution in [0.1, 0.15) is 59.3 Å². The van der Waals surface area contributed by atoms with Crippen LogP contribution in [0.5, 0.6) is 11.5 Å². The fourth-order valence-corrected chi connectivity index (χ4v) is 4.91. The van der Waals surface area contributed by atoms with E-state index in [2.05, 4.69) is 0 Å². The standard InChI is InChI=1S/C25H25ClN2O6S/c1-14(2)24-27-19(12-35-17-6-3-15(4-7-17)5-8-22(29)30)23(25(31)32)28(24)11-16-9-20-21(10-18(16)26)34-13-33-20/h3-4,6-7,9-10,14H,5,8,11-13H2,1-2H3,(H,29,30)(H,31,32). The van der Waals surface area contributed by atoms with Crippen LogP contribution in [0.2, 0.25) is 5.02 Å². The van der Waals surface area contributed by atoms with Crippen molar-refractivity contribution < 1.29 is 29.3 Å². The molecule has 0 fully saturated rings. The highest BCUT2D eigenvalue weighted by Gasteiger charge is 2.26. The molecule has 8 nitrogen and oxygen atoms in total. The molecule has 1 aromatic heterocycles. The Morgan fingerprint density at radius 3 is 2.46 bits per heavy atom. The molecule has 1 aliphatic heterocycles. The minimum absolute atomic E-state index is 0.00634. The molecule has 3 aromatic rings. The number of hydrogen-bond donors (Lipinski definition) is 2. The maximum atomic E-state index is 12.3. The Labute approximate surface area is 211 Å². The number of imidazole rings is 1. The number of aromatic nitrogens is 2. The summed E-state index contributed by atoms with van der Waals surface area (Å²) < 4.78 is 12.5. The number of nitrogens with zero attached hydrogens (tertiary/aromatic N) is 2. The van der Waals surface area contributed by atoms with E-state index in [1.165, 1.54) is 11.8 Å². The zero-order valence-electron chi connectivity index (χ0n) is 19.3. The molecule has 0 amide bonds. The Bertz CT molecular complexity index is 1260. The highest BCUT2D eigenvalue weighted by atomic mass is 35.5. The number of aryl methyl sites for hydroxylation is 1. The molecule has 0 atom stereocenters. The number of thioether (sulfide) groups is 1. The summed E-state index contributed by atoms with van der Waals surface area (Å²) in [6.07, 6.45) is 0.547. The van der Waals surface area contributed by atoms with Crippen molar-refractivity contribution in [1.82, 2.24) is 9.55 Å². The third-order valence-corrected chi connectivity index (χ3v) is 6.96. The molecule has 10 heteroatoms. The first-order valence-electron chi connectivity index (χ1n) is 11.1. The second-order valence-corrected chi connectivity index (χ2v) is 9.89. The minimum Gasteiger partial charge on any atom is -0.481 e. The second kappa shape index (κ2) is 10.6. The molecule has 4 rings (SSSR count). The zero-order valence-corrected chi connectivity index (χ0v) is 20.9. The SMILES string of the molecule is CC(C)c1nc(CSc2ccc(CCC(=O)O)cc2)c(C(=O)O)n1Cc1cc2c(cc1Cl)OCO2. The highest BCUT2D eigenvalue weighted by molar-refractivity contribution is 7.98. The summed E-state index contributed by atoms with van der Waals surface area (Å²) in [5.74, 6) is 0.290. The van der Waals surface area contributed by atoms with Crippen molar-refractivity contribution in [2.24, 2.45) is 0 Å². The Morgan fingerprint density at radius 2 is 1.83 bits per heavy atom. The van der Waals surface area contributed by atoms with Crippen molar-refractivity contribution in [3.8, 4) is 11.5 Å². The molecule has 0 bridgehead atoms. The predicted octanol–water partition coefficient (Wildman–Crippen LogP) is 5.44. The van der Waals surface area contributed by atoms with Crippen LogP contribution in [-0.2, 0) is 23.5 Å². The lowest BCUT2D eigenvalue weighted by Crippen LogP contribution is -2.14. The smallest absolute Gasteiger partial charge is 0.354 e. The first-order valence-corrected chi connectivity index (χ1v) is 12.4. The fourth-order valence-electron chi connectivity index (χ4n) is 3.87. The minimum atomic E-state index is -1.05. The molecule has 0 saturated carbocycles. The van der Waals surface area contributed by atoms with Crippen molar-refractivity contribution in [3.05, 3.63) is 69.8 Å². The van der Waals surface area contributed by atoms with E-state index in [1.54, 1.807) is 16.7 Å². The van der Waals surface area contributed by atoms with Gasteiger partial charge in [-0.2, -0.15) is 0 Å². The van der Waals surface area contributed by atoms with Gasteiger partial charge in [0.05, 0.1) is 12.2 Å². The molecular weight excluding hydrogens is 492 g/mol. The number of rotatable bonds is 10. The number of benzene rings is 2. The number of carboxylic acids is 2. The van der Waals surface area contributed by atoms with Gasteiger partial charge in [-0.3, -0.25) is 4.79 Å². The predicted molar refractivity (Wildman–Crippen MR) is 132 cm³/mol. The van der Waals surface area contributed by atoms with Gasteiger partial charge in [-0.25, -0.2) is 9.78 Å². The Balaban J connectivity index is 1.59. The van der Waals surface area contributed by atoms with Gasteiger partial charge in [-0.05, 0) is 35.7 Å². The monoisotopic (exact) mass is 516 g/mol. The number of halogens is 1. The van der Waals surface area contributed by atoms with E-state index in [1.807, 2.05) is 38.1 Å². The van der Waals surface area contributed by atoms with Crippen LogP contribution >= 0.6 is 23.4 Å². The third-order valence-electron chi connectivity index (χ3n) is 5.58. The lowest BCUT2D eigenvalue weighted by atomic mass is 10.1. The Hall–Kier alpha value is -3.17. The maximum absolute atomic E-state index is 12.3. The molecule has 2 heterocycles. The third kappa shape index (κ3) is 5.74. The van der Waals surface area contributed by atoms with Crippen molar-refractivity contribution in [2.75, 3.05) is 6.79 Å². The van der Waals surface area contributed by atoms with Crippen LogP contribution in [-0.4, -0.2) is 38.5 Å². The molecule has 0 radical (unpaired) electrons. The fraction of sp³-hybridized carbons (Fsp3) is 0.320. The van der Waals surface area contributed by atoms with Crippen molar-refractivity contribution in [3.63, 3.8) is 0 Å². The number of carbonyl (C=O) groups is 2. The average molecular weight is 517 g/mol. The summed E-state index contributed by atoms with van der Waals surface area (Å²) in [5.41, 5.74) is 2.27. The van der Waals surface area contributed by atoms with Crippen molar-refractivity contribution >= 4 is 35.3 Å². The van der Waals surface area contributed by atoms with E-state index in [4.69, 9.17) is 31.2 Å². The Morgan fingerprint density at radius 1 is 1.14 bits per heavy atom. The van der Waals surface area contributed by atoms with Gasteiger partial charge >= 0.3 is 11.9 Å². The molecule has 0 unspecified atom stereocenters. The molecule has 2 aromatic carbocycles. The van der Waals surface area contributed by atoms with Crippen LogP contribution in [0.15, 0.2) is 41.3 Å². The molecule has 0 aliphatic carbocycles. The van der Waals surface area contributed by atoms with Gasteiger partial charge in [-0.1, -0.05) is 37.6 Å². The molecular formula is C25H25ClN2O6S. The largest absolute Gasteiger partial charge is 0.481 e. The number of aromatic carboxylic acids is 1. The first kappa shape index (κ1) is 24.9. The number of carboxylic acid groups (broad SMARTS) is 2. The molecule has 0 spiro atoms. The molecule has 184 valence electrons. The molecule has 1 aliphatic rings. The number of hydrogen-bond acceptors (Lipinski definition) is 6.